The minimum absolute atomic E-state index is 0.137. The van der Waals surface area contributed by atoms with Crippen molar-refractivity contribution in [2.75, 3.05) is 19.6 Å². The third-order valence-corrected chi connectivity index (χ3v) is 4.70. The number of amides is 1. The zero-order valence-corrected chi connectivity index (χ0v) is 13.4. The minimum Gasteiger partial charge on any atom is -0.405 e. The molecule has 0 N–H and O–H groups in total. The summed E-state index contributed by atoms with van der Waals surface area (Å²) in [4.78, 5) is 15.9. The molecule has 0 atom stereocenters. The first kappa shape index (κ1) is 17.1. The van der Waals surface area contributed by atoms with Crippen molar-refractivity contribution in [3.8, 4) is 5.75 Å². The van der Waals surface area contributed by atoms with Crippen LogP contribution in [0.25, 0.3) is 0 Å². The Kier molecular flexibility index (Phi) is 4.99. The molecule has 1 amide bonds. The van der Waals surface area contributed by atoms with E-state index >= 15 is 0 Å². The van der Waals surface area contributed by atoms with Gasteiger partial charge in [0.2, 0.25) is 5.91 Å². The van der Waals surface area contributed by atoms with Crippen molar-refractivity contribution in [3.63, 3.8) is 0 Å². The summed E-state index contributed by atoms with van der Waals surface area (Å²) in [6.45, 7) is 2.81. The van der Waals surface area contributed by atoms with E-state index in [0.717, 1.165) is 38.9 Å². The Hall–Kier alpha value is -1.76. The summed E-state index contributed by atoms with van der Waals surface area (Å²) in [5.74, 6) is 0.0965. The third kappa shape index (κ3) is 4.20. The molecule has 0 aliphatic carbocycles. The van der Waals surface area contributed by atoms with Crippen molar-refractivity contribution >= 4 is 5.91 Å². The molecule has 2 aliphatic rings. The van der Waals surface area contributed by atoms with Crippen molar-refractivity contribution in [2.24, 2.45) is 0 Å². The summed E-state index contributed by atoms with van der Waals surface area (Å²) in [5, 5.41) is 0. The summed E-state index contributed by atoms with van der Waals surface area (Å²) in [7, 11) is 0. The highest BCUT2D eigenvalue weighted by molar-refractivity contribution is 5.78. The summed E-state index contributed by atoms with van der Waals surface area (Å²) in [5.41, 5.74) is 0.533. The molecule has 1 aromatic carbocycles. The summed E-state index contributed by atoms with van der Waals surface area (Å²) in [6.07, 6.45) is -1.37. The van der Waals surface area contributed by atoms with Crippen LogP contribution in [0.4, 0.5) is 13.2 Å². The molecular weight excluding hydrogens is 321 g/mol. The standard InChI is InChI=1S/C17H21F3N2O2/c18-17(19,20)24-15-5-2-1-4-13(15)12-21-10-7-14(8-11-21)22-9-3-6-16(22)23/h1-2,4-5,14H,3,6-12H2. The van der Waals surface area contributed by atoms with Crippen LogP contribution in [0.2, 0.25) is 0 Å². The summed E-state index contributed by atoms with van der Waals surface area (Å²) >= 11 is 0. The number of benzene rings is 1. The number of hydrogen-bond acceptors (Lipinski definition) is 3. The molecule has 0 spiro atoms. The quantitative estimate of drug-likeness (QED) is 0.843. The Labute approximate surface area is 139 Å². The van der Waals surface area contributed by atoms with Crippen molar-refractivity contribution in [1.29, 1.82) is 0 Å². The average molecular weight is 342 g/mol. The van der Waals surface area contributed by atoms with Crippen LogP contribution >= 0.6 is 0 Å². The van der Waals surface area contributed by atoms with Gasteiger partial charge in [-0.05, 0) is 25.3 Å². The number of hydrogen-bond donors (Lipinski definition) is 0. The van der Waals surface area contributed by atoms with Crippen LogP contribution in [0.3, 0.4) is 0 Å². The fourth-order valence-electron chi connectivity index (χ4n) is 3.54. The van der Waals surface area contributed by atoms with Crippen molar-refractivity contribution < 1.29 is 22.7 Å². The molecule has 2 fully saturated rings. The van der Waals surface area contributed by atoms with Gasteiger partial charge in [-0.3, -0.25) is 9.69 Å². The first-order valence-corrected chi connectivity index (χ1v) is 8.28. The Balaban J connectivity index is 1.57. The molecule has 1 aromatic rings. The first-order valence-electron chi connectivity index (χ1n) is 8.28. The molecule has 2 heterocycles. The van der Waals surface area contributed by atoms with E-state index in [1.807, 2.05) is 4.90 Å². The van der Waals surface area contributed by atoms with Gasteiger partial charge in [0.05, 0.1) is 0 Å². The number of para-hydroxylation sites is 1. The maximum Gasteiger partial charge on any atom is 0.573 e. The number of ether oxygens (including phenoxy) is 1. The van der Waals surface area contributed by atoms with Gasteiger partial charge in [-0.2, -0.15) is 0 Å². The Morgan fingerprint density at radius 3 is 2.46 bits per heavy atom. The maximum atomic E-state index is 12.5. The van der Waals surface area contributed by atoms with E-state index in [0.29, 0.717) is 18.5 Å². The largest absolute Gasteiger partial charge is 0.573 e. The lowest BCUT2D eigenvalue weighted by Crippen LogP contribution is -2.45. The number of rotatable bonds is 4. The van der Waals surface area contributed by atoms with E-state index in [9.17, 15) is 18.0 Å². The van der Waals surface area contributed by atoms with Crippen LogP contribution in [0.15, 0.2) is 24.3 Å². The van der Waals surface area contributed by atoms with Gasteiger partial charge in [-0.15, -0.1) is 13.2 Å². The van der Waals surface area contributed by atoms with Gasteiger partial charge >= 0.3 is 6.36 Å². The van der Waals surface area contributed by atoms with Crippen LogP contribution < -0.4 is 4.74 Å². The lowest BCUT2D eigenvalue weighted by atomic mass is 10.0. The van der Waals surface area contributed by atoms with E-state index in [2.05, 4.69) is 9.64 Å². The zero-order valence-electron chi connectivity index (χ0n) is 13.4. The molecule has 2 saturated heterocycles. The fourth-order valence-corrected chi connectivity index (χ4v) is 3.54. The van der Waals surface area contributed by atoms with Crippen LogP contribution in [0.5, 0.6) is 5.75 Å². The zero-order chi connectivity index (χ0) is 17.2. The van der Waals surface area contributed by atoms with E-state index in [1.165, 1.54) is 12.1 Å². The highest BCUT2D eigenvalue weighted by Crippen LogP contribution is 2.28. The van der Waals surface area contributed by atoms with Crippen molar-refractivity contribution in [3.05, 3.63) is 29.8 Å². The van der Waals surface area contributed by atoms with Gasteiger partial charge in [0, 0.05) is 44.2 Å². The van der Waals surface area contributed by atoms with Crippen molar-refractivity contribution in [2.45, 2.75) is 44.6 Å². The maximum absolute atomic E-state index is 12.5. The van der Waals surface area contributed by atoms with E-state index in [-0.39, 0.29) is 17.7 Å². The second kappa shape index (κ2) is 7.01. The number of alkyl halides is 3. The van der Waals surface area contributed by atoms with Gasteiger partial charge in [0.1, 0.15) is 5.75 Å². The predicted octanol–water partition coefficient (Wildman–Crippen LogP) is 3.17. The number of carbonyl (C=O) groups excluding carboxylic acids is 1. The highest BCUT2D eigenvalue weighted by atomic mass is 19.4. The average Bonchev–Trinajstić information content (AvgIpc) is 2.95. The molecule has 0 unspecified atom stereocenters. The molecule has 0 bridgehead atoms. The second-order valence-corrected chi connectivity index (χ2v) is 6.35. The first-order chi connectivity index (χ1) is 11.4. The van der Waals surface area contributed by atoms with E-state index in [1.54, 1.807) is 12.1 Å². The Bertz CT molecular complexity index is 583. The molecule has 4 nitrogen and oxygen atoms in total. The molecule has 0 aromatic heterocycles. The summed E-state index contributed by atoms with van der Waals surface area (Å²) < 4.78 is 41.6. The lowest BCUT2D eigenvalue weighted by molar-refractivity contribution is -0.275. The monoisotopic (exact) mass is 342 g/mol. The molecule has 0 radical (unpaired) electrons. The molecule has 7 heteroatoms. The SMILES string of the molecule is O=C1CCCN1C1CCN(Cc2ccccc2OC(F)(F)F)CC1. The predicted molar refractivity (Wildman–Crippen MR) is 82.4 cm³/mol. The molecule has 24 heavy (non-hydrogen) atoms. The number of halogens is 3. The number of nitrogens with zero attached hydrogens (tertiary/aromatic N) is 2. The second-order valence-electron chi connectivity index (χ2n) is 6.35. The van der Waals surface area contributed by atoms with Crippen LogP contribution in [0, 0.1) is 0 Å². The van der Waals surface area contributed by atoms with E-state index in [4.69, 9.17) is 0 Å². The van der Waals surface area contributed by atoms with Crippen molar-refractivity contribution in [1.82, 2.24) is 9.80 Å². The van der Waals surface area contributed by atoms with Crippen LogP contribution in [-0.2, 0) is 11.3 Å². The van der Waals surface area contributed by atoms with Crippen LogP contribution in [-0.4, -0.2) is 47.7 Å². The number of carbonyl (C=O) groups is 1. The Morgan fingerprint density at radius 1 is 1.12 bits per heavy atom. The van der Waals surface area contributed by atoms with Gasteiger partial charge < -0.3 is 9.64 Å². The highest BCUT2D eigenvalue weighted by Gasteiger charge is 2.33. The summed E-state index contributed by atoms with van der Waals surface area (Å²) in [6, 6.07) is 6.54. The minimum atomic E-state index is -4.68. The van der Waals surface area contributed by atoms with E-state index < -0.39 is 6.36 Å². The number of likely N-dealkylation sites (tertiary alicyclic amines) is 2. The third-order valence-electron chi connectivity index (χ3n) is 4.70. The smallest absolute Gasteiger partial charge is 0.405 e. The van der Waals surface area contributed by atoms with Crippen LogP contribution in [0.1, 0.15) is 31.2 Å². The topological polar surface area (TPSA) is 32.8 Å². The molecule has 0 saturated carbocycles. The molecular formula is C17H21F3N2O2. The van der Waals surface area contributed by atoms with Gasteiger partial charge in [-0.1, -0.05) is 18.2 Å². The van der Waals surface area contributed by atoms with Gasteiger partial charge in [0.15, 0.2) is 0 Å². The molecule has 3 rings (SSSR count). The Morgan fingerprint density at radius 2 is 1.83 bits per heavy atom. The fraction of sp³-hybridized carbons (Fsp3) is 0.588. The molecule has 132 valence electrons. The van der Waals surface area contributed by atoms with Gasteiger partial charge in [-0.25, -0.2) is 0 Å². The van der Waals surface area contributed by atoms with Gasteiger partial charge in [0.25, 0.3) is 0 Å². The number of piperidine rings is 1. The molecule has 2 aliphatic heterocycles. The normalized spacial score (nSPS) is 20.6. The lowest BCUT2D eigenvalue weighted by Gasteiger charge is -2.36.